The first-order valence-electron chi connectivity index (χ1n) is 11.4. The van der Waals surface area contributed by atoms with Gasteiger partial charge in [-0.25, -0.2) is 15.0 Å². The van der Waals surface area contributed by atoms with Crippen molar-refractivity contribution in [3.63, 3.8) is 0 Å². The molecule has 1 saturated heterocycles. The van der Waals surface area contributed by atoms with Gasteiger partial charge in [0.1, 0.15) is 5.82 Å². The highest BCUT2D eigenvalue weighted by molar-refractivity contribution is 5.92. The van der Waals surface area contributed by atoms with Gasteiger partial charge in [-0.3, -0.25) is 0 Å². The van der Waals surface area contributed by atoms with Gasteiger partial charge in [-0.1, -0.05) is 32.6 Å². The van der Waals surface area contributed by atoms with E-state index in [9.17, 15) is 0 Å². The van der Waals surface area contributed by atoms with Gasteiger partial charge in [-0.15, -0.1) is 0 Å². The third kappa shape index (κ3) is 4.32. The zero-order valence-electron chi connectivity index (χ0n) is 18.5. The van der Waals surface area contributed by atoms with Crippen molar-refractivity contribution in [2.24, 2.45) is 0 Å². The summed E-state index contributed by atoms with van der Waals surface area (Å²) in [7, 11) is 4.30. The van der Waals surface area contributed by atoms with Gasteiger partial charge in [0.2, 0.25) is 5.95 Å². The number of likely N-dealkylation sites (N-methyl/N-ethyl adjacent to an activating group) is 1. The molecule has 2 fully saturated rings. The molecule has 0 radical (unpaired) electrons. The summed E-state index contributed by atoms with van der Waals surface area (Å²) in [4.78, 5) is 19.3. The molecule has 1 aliphatic heterocycles. The molecule has 1 atom stereocenters. The van der Waals surface area contributed by atoms with Crippen LogP contribution in [-0.2, 0) is 0 Å². The minimum atomic E-state index is 0.383. The van der Waals surface area contributed by atoms with Crippen molar-refractivity contribution < 1.29 is 0 Å². The van der Waals surface area contributed by atoms with Gasteiger partial charge in [-0.2, -0.15) is 0 Å². The van der Waals surface area contributed by atoms with Crippen molar-refractivity contribution in [3.05, 3.63) is 18.0 Å². The largest absolute Gasteiger partial charge is 0.353 e. The molecule has 2 aliphatic rings. The monoisotopic (exact) mass is 396 g/mol. The standard InChI is InChI=1S/C23H36N6/c1-5-9-16(2)26-23-25-13-20-21(27-23)19(17-10-7-6-8-11-17)12-24-22(20)29-14-18(15-29)28(3)4/h12-13,16-18H,5-11,14-15H2,1-4H3,(H,25,26,27). The van der Waals surface area contributed by atoms with E-state index in [0.717, 1.165) is 48.6 Å². The van der Waals surface area contributed by atoms with Crippen LogP contribution in [0.5, 0.6) is 0 Å². The summed E-state index contributed by atoms with van der Waals surface area (Å²) in [5, 5.41) is 4.61. The fourth-order valence-corrected chi connectivity index (χ4v) is 4.74. The van der Waals surface area contributed by atoms with E-state index < -0.39 is 0 Å². The molecule has 1 saturated carbocycles. The molecule has 6 nitrogen and oxygen atoms in total. The second kappa shape index (κ2) is 8.82. The van der Waals surface area contributed by atoms with E-state index in [-0.39, 0.29) is 0 Å². The topological polar surface area (TPSA) is 57.2 Å². The summed E-state index contributed by atoms with van der Waals surface area (Å²) in [6, 6.07) is 0.981. The zero-order chi connectivity index (χ0) is 20.4. The number of aromatic nitrogens is 3. The maximum Gasteiger partial charge on any atom is 0.223 e. The summed E-state index contributed by atoms with van der Waals surface area (Å²) >= 11 is 0. The maximum atomic E-state index is 5.03. The lowest BCUT2D eigenvalue weighted by Crippen LogP contribution is -2.57. The summed E-state index contributed by atoms with van der Waals surface area (Å²) in [6.45, 7) is 6.46. The molecule has 2 aromatic heterocycles. The van der Waals surface area contributed by atoms with Crippen molar-refractivity contribution in [2.75, 3.05) is 37.4 Å². The number of pyridine rings is 1. The lowest BCUT2D eigenvalue weighted by molar-refractivity contribution is 0.246. The molecule has 3 heterocycles. The minimum Gasteiger partial charge on any atom is -0.353 e. The second-order valence-electron chi connectivity index (χ2n) is 9.18. The fourth-order valence-electron chi connectivity index (χ4n) is 4.74. The van der Waals surface area contributed by atoms with Crippen LogP contribution >= 0.6 is 0 Å². The Labute approximate surface area is 175 Å². The van der Waals surface area contributed by atoms with Crippen molar-refractivity contribution in [3.8, 4) is 0 Å². The zero-order valence-corrected chi connectivity index (χ0v) is 18.5. The molecule has 4 rings (SSSR count). The summed E-state index contributed by atoms with van der Waals surface area (Å²) in [6.07, 6.45) is 12.9. The Balaban J connectivity index is 1.69. The molecule has 1 unspecified atom stereocenters. The lowest BCUT2D eigenvalue weighted by atomic mass is 9.84. The lowest BCUT2D eigenvalue weighted by Gasteiger charge is -2.44. The van der Waals surface area contributed by atoms with Crippen molar-refractivity contribution in [1.29, 1.82) is 0 Å². The Bertz CT molecular complexity index is 823. The van der Waals surface area contributed by atoms with Crippen LogP contribution in [0, 0.1) is 0 Å². The predicted molar refractivity (Wildman–Crippen MR) is 121 cm³/mol. The number of anilines is 2. The predicted octanol–water partition coefficient (Wildman–Crippen LogP) is 4.42. The van der Waals surface area contributed by atoms with E-state index >= 15 is 0 Å². The number of hydrogen-bond acceptors (Lipinski definition) is 6. The summed E-state index contributed by atoms with van der Waals surface area (Å²) in [5.41, 5.74) is 2.43. The first-order chi connectivity index (χ1) is 14.1. The highest BCUT2D eigenvalue weighted by Gasteiger charge is 2.31. The van der Waals surface area contributed by atoms with Crippen molar-refractivity contribution >= 4 is 22.7 Å². The number of rotatable bonds is 7. The third-order valence-corrected chi connectivity index (χ3v) is 6.66. The number of hydrogen-bond donors (Lipinski definition) is 1. The Hall–Kier alpha value is -1.95. The Morgan fingerprint density at radius 1 is 1.14 bits per heavy atom. The molecule has 1 N–H and O–H groups in total. The van der Waals surface area contributed by atoms with Crippen LogP contribution in [0.2, 0.25) is 0 Å². The van der Waals surface area contributed by atoms with Gasteiger partial charge in [0.15, 0.2) is 0 Å². The molecule has 2 aromatic rings. The molecule has 0 aromatic carbocycles. The van der Waals surface area contributed by atoms with Crippen LogP contribution in [0.3, 0.4) is 0 Å². The Morgan fingerprint density at radius 3 is 2.59 bits per heavy atom. The molecule has 29 heavy (non-hydrogen) atoms. The molecule has 6 heteroatoms. The van der Waals surface area contributed by atoms with Gasteiger partial charge in [-0.05, 0) is 46.2 Å². The van der Waals surface area contributed by atoms with Gasteiger partial charge < -0.3 is 15.1 Å². The van der Waals surface area contributed by atoms with Crippen LogP contribution in [0.1, 0.15) is 70.3 Å². The smallest absolute Gasteiger partial charge is 0.223 e. The van der Waals surface area contributed by atoms with E-state index in [1.807, 2.05) is 6.20 Å². The third-order valence-electron chi connectivity index (χ3n) is 6.66. The maximum absolute atomic E-state index is 5.03. The van der Waals surface area contributed by atoms with Gasteiger partial charge >= 0.3 is 0 Å². The molecule has 1 aliphatic carbocycles. The van der Waals surface area contributed by atoms with Crippen LogP contribution in [0.25, 0.3) is 10.9 Å². The normalized spacial score (nSPS) is 19.6. The van der Waals surface area contributed by atoms with Gasteiger partial charge in [0.05, 0.1) is 10.9 Å². The van der Waals surface area contributed by atoms with Crippen LogP contribution in [0.4, 0.5) is 11.8 Å². The van der Waals surface area contributed by atoms with Crippen LogP contribution in [-0.4, -0.2) is 59.1 Å². The van der Waals surface area contributed by atoms with Crippen molar-refractivity contribution in [2.45, 2.75) is 76.8 Å². The Kier molecular flexibility index (Phi) is 6.18. The molecular weight excluding hydrogens is 360 g/mol. The van der Waals surface area contributed by atoms with E-state index in [1.54, 1.807) is 0 Å². The van der Waals surface area contributed by atoms with E-state index in [4.69, 9.17) is 9.97 Å². The molecule has 0 bridgehead atoms. The average molecular weight is 397 g/mol. The van der Waals surface area contributed by atoms with E-state index in [2.05, 4.69) is 54.2 Å². The van der Waals surface area contributed by atoms with Gasteiger partial charge in [0.25, 0.3) is 0 Å². The highest BCUT2D eigenvalue weighted by atomic mass is 15.3. The minimum absolute atomic E-state index is 0.383. The quantitative estimate of drug-likeness (QED) is 0.747. The highest BCUT2D eigenvalue weighted by Crippen LogP contribution is 2.38. The number of nitrogens with one attached hydrogen (secondary N) is 1. The molecular formula is C23H36N6. The van der Waals surface area contributed by atoms with Crippen LogP contribution in [0.15, 0.2) is 12.4 Å². The first kappa shape index (κ1) is 20.3. The van der Waals surface area contributed by atoms with E-state index in [1.165, 1.54) is 37.7 Å². The fraction of sp³-hybridized carbons (Fsp3) is 0.696. The average Bonchev–Trinajstić information content (AvgIpc) is 2.67. The molecule has 0 amide bonds. The molecule has 0 spiro atoms. The first-order valence-corrected chi connectivity index (χ1v) is 11.4. The number of fused-ring (bicyclic) bond motifs is 1. The van der Waals surface area contributed by atoms with Crippen LogP contribution < -0.4 is 10.2 Å². The molecule has 158 valence electrons. The summed E-state index contributed by atoms with van der Waals surface area (Å²) in [5.74, 6) is 2.38. The Morgan fingerprint density at radius 2 is 1.90 bits per heavy atom. The van der Waals surface area contributed by atoms with Gasteiger partial charge in [0, 0.05) is 43.1 Å². The number of nitrogens with zero attached hydrogens (tertiary/aromatic N) is 5. The SMILES string of the molecule is CCCC(C)Nc1ncc2c(N3CC(N(C)C)C3)ncc(C3CCCCC3)c2n1. The summed E-state index contributed by atoms with van der Waals surface area (Å²) < 4.78 is 0. The van der Waals surface area contributed by atoms with E-state index in [0.29, 0.717) is 18.0 Å². The van der Waals surface area contributed by atoms with Crippen molar-refractivity contribution in [1.82, 2.24) is 19.9 Å². The second-order valence-corrected chi connectivity index (χ2v) is 9.18.